The molecule has 1 aliphatic heterocycles. The van der Waals surface area contributed by atoms with Crippen LogP contribution in [0.4, 0.5) is 17.2 Å². The van der Waals surface area contributed by atoms with Crippen molar-refractivity contribution in [2.75, 3.05) is 23.3 Å². The summed E-state index contributed by atoms with van der Waals surface area (Å²) in [6.07, 6.45) is 2.74. The lowest BCUT2D eigenvalue weighted by atomic mass is 10.1. The molecule has 1 aromatic heterocycles. The van der Waals surface area contributed by atoms with Crippen LogP contribution in [0.25, 0.3) is 11.3 Å². The van der Waals surface area contributed by atoms with E-state index >= 15 is 0 Å². The predicted octanol–water partition coefficient (Wildman–Crippen LogP) is 3.69. The number of nitrogens with two attached hydrogens (primary N) is 1. The Kier molecular flexibility index (Phi) is 7.19. The minimum absolute atomic E-state index is 0.0162. The van der Waals surface area contributed by atoms with Crippen molar-refractivity contribution in [3.63, 3.8) is 0 Å². The number of carbonyl (C=O) groups is 1. The highest BCUT2D eigenvalue weighted by molar-refractivity contribution is 5.70. The van der Waals surface area contributed by atoms with E-state index < -0.39 is 0 Å². The zero-order chi connectivity index (χ0) is 20.5. The maximum atomic E-state index is 9.51. The molecule has 0 bridgehead atoms. The Morgan fingerprint density at radius 1 is 1.03 bits per heavy atom. The largest absolute Gasteiger partial charge is 0.392 e. The smallest absolute Gasteiger partial charge is 0.204 e. The Bertz CT molecular complexity index is 939. The standard InChI is InChI=1S/C22H23N3O.CH3NO/c26-16-18-7-1-2-10-21(18)23-19-9-5-8-17(15-19)20-11-6-12-22(24-20)25-13-3-4-14-25;2-1-3/h1-2,5-12,15,23,26H,3-4,13-14,16H2;1H,(H2,2,3). The first-order chi connectivity index (χ1) is 14.2. The van der Waals surface area contributed by atoms with Gasteiger partial charge in [-0.05, 0) is 43.2 Å². The van der Waals surface area contributed by atoms with Gasteiger partial charge in [0.1, 0.15) is 5.82 Å². The van der Waals surface area contributed by atoms with Gasteiger partial charge in [0.2, 0.25) is 6.41 Å². The molecule has 0 spiro atoms. The highest BCUT2D eigenvalue weighted by atomic mass is 16.3. The molecule has 150 valence electrons. The second kappa shape index (κ2) is 10.2. The van der Waals surface area contributed by atoms with Crippen molar-refractivity contribution < 1.29 is 9.90 Å². The summed E-state index contributed by atoms with van der Waals surface area (Å²) in [4.78, 5) is 15.8. The molecule has 6 nitrogen and oxygen atoms in total. The van der Waals surface area contributed by atoms with Crippen LogP contribution in [0, 0.1) is 0 Å². The van der Waals surface area contributed by atoms with Crippen LogP contribution in [0.5, 0.6) is 0 Å². The Morgan fingerprint density at radius 2 is 1.76 bits per heavy atom. The first kappa shape index (κ1) is 20.4. The van der Waals surface area contributed by atoms with Gasteiger partial charge in [0.25, 0.3) is 0 Å². The number of nitrogens with zero attached hydrogens (tertiary/aromatic N) is 2. The summed E-state index contributed by atoms with van der Waals surface area (Å²) in [5, 5.41) is 12.9. The zero-order valence-electron chi connectivity index (χ0n) is 16.3. The van der Waals surface area contributed by atoms with E-state index in [1.165, 1.54) is 12.8 Å². The van der Waals surface area contributed by atoms with Crippen molar-refractivity contribution in [3.05, 3.63) is 72.3 Å². The SMILES string of the molecule is NC=O.OCc1ccccc1Nc1cccc(-c2cccc(N3CCCC3)n2)c1. The number of anilines is 3. The topological polar surface area (TPSA) is 91.5 Å². The van der Waals surface area contributed by atoms with E-state index in [0.29, 0.717) is 0 Å². The average molecular weight is 390 g/mol. The second-order valence-corrected chi connectivity index (χ2v) is 6.73. The highest BCUT2D eigenvalue weighted by Crippen LogP contribution is 2.27. The summed E-state index contributed by atoms with van der Waals surface area (Å²) < 4.78 is 0. The number of hydrogen-bond acceptors (Lipinski definition) is 5. The lowest BCUT2D eigenvalue weighted by Gasteiger charge is -2.17. The number of hydrogen-bond donors (Lipinski definition) is 3. The molecule has 29 heavy (non-hydrogen) atoms. The quantitative estimate of drug-likeness (QED) is 0.578. The molecule has 0 unspecified atom stereocenters. The number of para-hydroxylation sites is 1. The van der Waals surface area contributed by atoms with E-state index in [9.17, 15) is 5.11 Å². The number of nitrogens with one attached hydrogen (secondary N) is 1. The van der Waals surface area contributed by atoms with E-state index in [1.807, 2.05) is 36.4 Å². The maximum Gasteiger partial charge on any atom is 0.204 e. The normalized spacial score (nSPS) is 12.8. The maximum absolute atomic E-state index is 9.51. The second-order valence-electron chi connectivity index (χ2n) is 6.73. The minimum Gasteiger partial charge on any atom is -0.392 e. The van der Waals surface area contributed by atoms with Crippen LogP contribution >= 0.6 is 0 Å². The first-order valence-corrected chi connectivity index (χ1v) is 9.68. The predicted molar refractivity (Wildman–Crippen MR) is 117 cm³/mol. The van der Waals surface area contributed by atoms with E-state index in [2.05, 4.69) is 46.3 Å². The highest BCUT2D eigenvalue weighted by Gasteiger charge is 2.14. The molecule has 0 aliphatic carbocycles. The number of aromatic nitrogens is 1. The van der Waals surface area contributed by atoms with Gasteiger partial charge in [-0.25, -0.2) is 4.98 Å². The Labute approximate surface area is 171 Å². The molecule has 0 atom stereocenters. The van der Waals surface area contributed by atoms with Gasteiger partial charge >= 0.3 is 0 Å². The van der Waals surface area contributed by atoms with Gasteiger partial charge in [-0.1, -0.05) is 36.4 Å². The van der Waals surface area contributed by atoms with Gasteiger partial charge in [0, 0.05) is 35.6 Å². The number of rotatable bonds is 5. The molecule has 1 amide bonds. The molecule has 2 aromatic carbocycles. The van der Waals surface area contributed by atoms with Gasteiger partial charge in [0.05, 0.1) is 12.3 Å². The van der Waals surface area contributed by atoms with Gasteiger partial charge in [0.15, 0.2) is 0 Å². The number of pyridine rings is 1. The Morgan fingerprint density at radius 3 is 2.52 bits per heavy atom. The molecular weight excluding hydrogens is 364 g/mol. The molecule has 2 heterocycles. The average Bonchev–Trinajstić information content (AvgIpc) is 3.30. The van der Waals surface area contributed by atoms with E-state index in [1.54, 1.807) is 0 Å². The third kappa shape index (κ3) is 5.33. The molecule has 0 radical (unpaired) electrons. The number of amides is 1. The van der Waals surface area contributed by atoms with Gasteiger partial charge in [-0.3, -0.25) is 4.79 Å². The zero-order valence-corrected chi connectivity index (χ0v) is 16.3. The van der Waals surface area contributed by atoms with Crippen LogP contribution in [0.2, 0.25) is 0 Å². The van der Waals surface area contributed by atoms with E-state index in [-0.39, 0.29) is 13.0 Å². The molecular formula is C23H26N4O2. The third-order valence-corrected chi connectivity index (χ3v) is 4.79. The number of carbonyl (C=O) groups excluding carboxylic acids is 1. The van der Waals surface area contributed by atoms with Crippen LogP contribution in [-0.2, 0) is 11.4 Å². The summed E-state index contributed by atoms with van der Waals surface area (Å²) in [5.41, 5.74) is 9.01. The fourth-order valence-corrected chi connectivity index (χ4v) is 3.40. The van der Waals surface area contributed by atoms with Crippen LogP contribution in [-0.4, -0.2) is 29.6 Å². The van der Waals surface area contributed by atoms with Gasteiger partial charge in [-0.2, -0.15) is 0 Å². The number of aliphatic hydroxyl groups excluding tert-OH is 1. The molecule has 1 aliphatic rings. The summed E-state index contributed by atoms with van der Waals surface area (Å²) in [6.45, 7) is 2.20. The molecule has 6 heteroatoms. The van der Waals surface area contributed by atoms with Crippen LogP contribution in [0.15, 0.2) is 66.7 Å². The summed E-state index contributed by atoms with van der Waals surface area (Å²) in [6, 6.07) is 22.3. The minimum atomic E-state index is 0.0162. The summed E-state index contributed by atoms with van der Waals surface area (Å²) in [7, 11) is 0. The van der Waals surface area contributed by atoms with Crippen molar-refractivity contribution in [3.8, 4) is 11.3 Å². The van der Waals surface area contributed by atoms with Crippen LogP contribution in [0.1, 0.15) is 18.4 Å². The molecule has 4 rings (SSSR count). The van der Waals surface area contributed by atoms with Crippen molar-refractivity contribution in [1.82, 2.24) is 4.98 Å². The third-order valence-electron chi connectivity index (χ3n) is 4.79. The van der Waals surface area contributed by atoms with Gasteiger partial charge in [-0.15, -0.1) is 0 Å². The van der Waals surface area contributed by atoms with Crippen molar-refractivity contribution in [2.24, 2.45) is 5.73 Å². The van der Waals surface area contributed by atoms with Crippen molar-refractivity contribution >= 4 is 23.6 Å². The van der Waals surface area contributed by atoms with Gasteiger partial charge < -0.3 is 21.1 Å². The molecule has 3 aromatic rings. The lowest BCUT2D eigenvalue weighted by molar-refractivity contribution is -0.106. The molecule has 4 N–H and O–H groups in total. The first-order valence-electron chi connectivity index (χ1n) is 9.68. The van der Waals surface area contributed by atoms with E-state index in [0.717, 1.165) is 47.1 Å². The van der Waals surface area contributed by atoms with E-state index in [4.69, 9.17) is 9.78 Å². The fourth-order valence-electron chi connectivity index (χ4n) is 3.40. The number of aliphatic hydroxyl groups is 1. The van der Waals surface area contributed by atoms with Crippen LogP contribution in [0.3, 0.4) is 0 Å². The fraction of sp³-hybridized carbons (Fsp3) is 0.217. The number of benzene rings is 2. The molecule has 0 saturated carbocycles. The summed E-state index contributed by atoms with van der Waals surface area (Å²) in [5.74, 6) is 1.06. The van der Waals surface area contributed by atoms with Crippen molar-refractivity contribution in [2.45, 2.75) is 19.4 Å². The Hall–Kier alpha value is -3.38. The molecule has 1 saturated heterocycles. The lowest BCUT2D eigenvalue weighted by Crippen LogP contribution is -2.18. The molecule has 1 fully saturated rings. The van der Waals surface area contributed by atoms with Crippen molar-refractivity contribution in [1.29, 1.82) is 0 Å². The number of primary amides is 1. The van der Waals surface area contributed by atoms with Crippen LogP contribution < -0.4 is 16.0 Å². The summed E-state index contributed by atoms with van der Waals surface area (Å²) >= 11 is 0. The monoisotopic (exact) mass is 390 g/mol. The Balaban J connectivity index is 0.000000755.